The lowest BCUT2D eigenvalue weighted by Gasteiger charge is -2.33. The van der Waals surface area contributed by atoms with Gasteiger partial charge in [-0.25, -0.2) is 4.39 Å². The molecule has 202 valence electrons. The second-order valence-corrected chi connectivity index (χ2v) is 9.79. The van der Waals surface area contributed by atoms with E-state index in [0.29, 0.717) is 24.2 Å². The summed E-state index contributed by atoms with van der Waals surface area (Å²) >= 11 is 0. The van der Waals surface area contributed by atoms with Crippen molar-refractivity contribution in [3.63, 3.8) is 0 Å². The SMILES string of the molecule is C=C(/C=C(\C)C(C)N1CC=C(c2c(C)cc(C(C)=O)cc2F)CC1)/C(=C\CNC)n1ccc(NC)cc1=O. The fourth-order valence-electron chi connectivity index (χ4n) is 4.79. The standard InChI is InChI=1S/C31H39FN4O2/c1-20(16-21(2)29(8-12-33-6)36-15-11-27(34-7)19-30(36)38)23(4)35-13-9-25(10-14-35)31-22(3)17-26(24(5)37)18-28(31)32/h8-9,11,15-19,23,33-34H,2,10,12-14H2,1,3-7H3/b20-16+,29-8+. The second kappa shape index (κ2) is 12.8. The number of hydrogen-bond donors (Lipinski definition) is 2. The lowest BCUT2D eigenvalue weighted by Crippen LogP contribution is -2.37. The number of hydrogen-bond acceptors (Lipinski definition) is 5. The first-order valence-electron chi connectivity index (χ1n) is 12.9. The minimum absolute atomic E-state index is 0.129. The number of likely N-dealkylation sites (N-methyl/N-ethyl adjacent to an activating group) is 1. The summed E-state index contributed by atoms with van der Waals surface area (Å²) in [4.78, 5) is 26.8. The maximum atomic E-state index is 14.9. The Morgan fingerprint density at radius 3 is 2.53 bits per heavy atom. The maximum Gasteiger partial charge on any atom is 0.257 e. The van der Waals surface area contributed by atoms with E-state index in [-0.39, 0.29) is 23.2 Å². The highest BCUT2D eigenvalue weighted by Crippen LogP contribution is 2.30. The third-order valence-electron chi connectivity index (χ3n) is 7.16. The van der Waals surface area contributed by atoms with Gasteiger partial charge in [0.15, 0.2) is 5.78 Å². The van der Waals surface area contributed by atoms with Crippen LogP contribution < -0.4 is 16.2 Å². The molecule has 0 aliphatic carbocycles. The zero-order chi connectivity index (χ0) is 28.0. The molecule has 1 aromatic heterocycles. The Hall–Kier alpha value is -3.55. The van der Waals surface area contributed by atoms with E-state index in [1.807, 2.05) is 32.2 Å². The molecule has 2 N–H and O–H groups in total. The predicted molar refractivity (Wildman–Crippen MR) is 156 cm³/mol. The quantitative estimate of drug-likeness (QED) is 0.331. The summed E-state index contributed by atoms with van der Waals surface area (Å²) in [6.45, 7) is 13.9. The summed E-state index contributed by atoms with van der Waals surface area (Å²) in [5, 5.41) is 6.09. The number of aryl methyl sites for hydroxylation is 1. The number of Topliss-reactive ketones (excluding diaryl/α,β-unsaturated/α-hetero) is 1. The molecule has 0 amide bonds. The Labute approximate surface area is 225 Å². The van der Waals surface area contributed by atoms with Crippen molar-refractivity contribution in [1.29, 1.82) is 0 Å². The van der Waals surface area contributed by atoms with Crippen LogP contribution in [0, 0.1) is 12.7 Å². The van der Waals surface area contributed by atoms with Gasteiger partial charge in [0.2, 0.25) is 0 Å². The average molecular weight is 519 g/mol. The molecule has 0 saturated carbocycles. The van der Waals surface area contributed by atoms with Gasteiger partial charge in [0.05, 0.1) is 5.70 Å². The first-order chi connectivity index (χ1) is 18.1. The van der Waals surface area contributed by atoms with Crippen LogP contribution in [-0.2, 0) is 0 Å². The van der Waals surface area contributed by atoms with Crippen molar-refractivity contribution in [2.24, 2.45) is 0 Å². The molecule has 1 atom stereocenters. The van der Waals surface area contributed by atoms with Crippen molar-refractivity contribution < 1.29 is 9.18 Å². The van der Waals surface area contributed by atoms with E-state index in [4.69, 9.17) is 0 Å². The lowest BCUT2D eigenvalue weighted by atomic mass is 9.92. The lowest BCUT2D eigenvalue weighted by molar-refractivity contribution is 0.101. The number of benzene rings is 1. The van der Waals surface area contributed by atoms with Crippen LogP contribution >= 0.6 is 0 Å². The van der Waals surface area contributed by atoms with Gasteiger partial charge >= 0.3 is 0 Å². The summed E-state index contributed by atoms with van der Waals surface area (Å²) < 4.78 is 16.5. The zero-order valence-corrected chi connectivity index (χ0v) is 23.3. The number of carbonyl (C=O) groups excluding carboxylic acids is 1. The smallest absolute Gasteiger partial charge is 0.257 e. The zero-order valence-electron chi connectivity index (χ0n) is 23.3. The van der Waals surface area contributed by atoms with Crippen LogP contribution in [-0.4, -0.2) is 55.0 Å². The van der Waals surface area contributed by atoms with E-state index < -0.39 is 0 Å². The number of ketones is 1. The van der Waals surface area contributed by atoms with Gasteiger partial charge in [-0.1, -0.05) is 24.3 Å². The summed E-state index contributed by atoms with van der Waals surface area (Å²) in [6.07, 6.45) is 8.56. The molecule has 1 aromatic carbocycles. The van der Waals surface area contributed by atoms with Crippen molar-refractivity contribution in [2.45, 2.75) is 40.2 Å². The van der Waals surface area contributed by atoms with Gasteiger partial charge < -0.3 is 10.6 Å². The van der Waals surface area contributed by atoms with Gasteiger partial charge in [-0.2, -0.15) is 0 Å². The number of pyridine rings is 1. The number of nitrogens with one attached hydrogen (secondary N) is 2. The van der Waals surface area contributed by atoms with E-state index in [0.717, 1.165) is 46.6 Å². The molecule has 1 aliphatic heterocycles. The molecule has 2 aromatic rings. The van der Waals surface area contributed by atoms with E-state index in [1.54, 1.807) is 29.9 Å². The second-order valence-electron chi connectivity index (χ2n) is 9.79. The van der Waals surface area contributed by atoms with Gasteiger partial charge in [0, 0.05) is 61.8 Å². The van der Waals surface area contributed by atoms with Crippen LogP contribution in [0.3, 0.4) is 0 Å². The first-order valence-corrected chi connectivity index (χ1v) is 12.9. The van der Waals surface area contributed by atoms with Crippen molar-refractivity contribution in [3.8, 4) is 0 Å². The van der Waals surface area contributed by atoms with Crippen LogP contribution in [0.5, 0.6) is 0 Å². The van der Waals surface area contributed by atoms with Gasteiger partial charge in [0.25, 0.3) is 5.56 Å². The molecule has 0 saturated heterocycles. The number of aromatic nitrogens is 1. The highest BCUT2D eigenvalue weighted by atomic mass is 19.1. The molecule has 3 rings (SSSR count). The largest absolute Gasteiger partial charge is 0.388 e. The molecule has 0 fully saturated rings. The maximum absolute atomic E-state index is 14.9. The highest BCUT2D eigenvalue weighted by Gasteiger charge is 2.22. The number of anilines is 1. The Kier molecular flexibility index (Phi) is 9.78. The van der Waals surface area contributed by atoms with Crippen molar-refractivity contribution in [3.05, 3.63) is 99.3 Å². The van der Waals surface area contributed by atoms with E-state index in [2.05, 4.69) is 42.0 Å². The highest BCUT2D eigenvalue weighted by molar-refractivity contribution is 5.94. The predicted octanol–water partition coefficient (Wildman–Crippen LogP) is 5.28. The van der Waals surface area contributed by atoms with Crippen molar-refractivity contribution in [1.82, 2.24) is 14.8 Å². The number of rotatable bonds is 10. The molecule has 38 heavy (non-hydrogen) atoms. The average Bonchev–Trinajstić information content (AvgIpc) is 2.89. The normalized spacial score (nSPS) is 15.7. The van der Waals surface area contributed by atoms with Crippen LogP contribution in [0.4, 0.5) is 10.1 Å². The van der Waals surface area contributed by atoms with Gasteiger partial charge in [-0.15, -0.1) is 0 Å². The summed E-state index contributed by atoms with van der Waals surface area (Å²) in [5.74, 6) is -0.474. The minimum atomic E-state index is -0.339. The molecule has 2 heterocycles. The Balaban J connectivity index is 1.79. The number of carbonyl (C=O) groups is 1. The van der Waals surface area contributed by atoms with E-state index >= 15 is 0 Å². The molecule has 7 heteroatoms. The molecule has 1 aliphatic rings. The summed E-state index contributed by atoms with van der Waals surface area (Å²) in [6, 6.07) is 6.67. The fourth-order valence-corrected chi connectivity index (χ4v) is 4.79. The Bertz CT molecular complexity index is 1340. The van der Waals surface area contributed by atoms with E-state index in [9.17, 15) is 14.0 Å². The molecule has 0 bridgehead atoms. The van der Waals surface area contributed by atoms with E-state index in [1.165, 1.54) is 13.0 Å². The van der Waals surface area contributed by atoms with Crippen LogP contribution in [0.25, 0.3) is 11.3 Å². The molecular formula is C31H39FN4O2. The van der Waals surface area contributed by atoms with Crippen molar-refractivity contribution in [2.75, 3.05) is 39.0 Å². The molecule has 0 spiro atoms. The number of nitrogens with zero attached hydrogens (tertiary/aromatic N) is 2. The molecule has 0 radical (unpaired) electrons. The van der Waals surface area contributed by atoms with Gasteiger partial charge in [-0.05, 0) is 82.1 Å². The Morgan fingerprint density at radius 1 is 1.24 bits per heavy atom. The first kappa shape index (κ1) is 29.0. The number of halogens is 1. The monoisotopic (exact) mass is 518 g/mol. The fraction of sp³-hybridized carbons (Fsp3) is 0.355. The van der Waals surface area contributed by atoms with Crippen LogP contribution in [0.15, 0.2) is 71.2 Å². The van der Waals surface area contributed by atoms with Gasteiger partial charge in [-0.3, -0.25) is 19.1 Å². The minimum Gasteiger partial charge on any atom is -0.388 e. The molecule has 1 unspecified atom stereocenters. The number of allylic oxidation sites excluding steroid dienone is 3. The summed E-state index contributed by atoms with van der Waals surface area (Å²) in [7, 11) is 3.64. The summed E-state index contributed by atoms with van der Waals surface area (Å²) in [5.41, 5.74) is 6.01. The van der Waals surface area contributed by atoms with Crippen molar-refractivity contribution >= 4 is 22.7 Å². The third-order valence-corrected chi connectivity index (χ3v) is 7.16. The topological polar surface area (TPSA) is 66.4 Å². The molecular weight excluding hydrogens is 479 g/mol. The Morgan fingerprint density at radius 2 is 1.97 bits per heavy atom. The van der Waals surface area contributed by atoms with Crippen LogP contribution in [0.1, 0.15) is 48.7 Å². The third kappa shape index (κ3) is 6.65. The van der Waals surface area contributed by atoms with Gasteiger partial charge in [0.1, 0.15) is 5.82 Å². The molecule has 6 nitrogen and oxygen atoms in total. The van der Waals surface area contributed by atoms with Crippen LogP contribution in [0.2, 0.25) is 0 Å².